The topological polar surface area (TPSA) is 87.2 Å². The molecule has 0 N–H and O–H groups in total. The summed E-state index contributed by atoms with van der Waals surface area (Å²) in [6.07, 6.45) is 9.07. The molecule has 1 aliphatic carbocycles. The Balaban J connectivity index is 1.88. The van der Waals surface area contributed by atoms with Gasteiger partial charge in [0.25, 0.3) is 11.8 Å². The molecule has 1 unspecified atom stereocenters. The minimum Gasteiger partial charge on any atom is -0.401 e. The van der Waals surface area contributed by atoms with Crippen LogP contribution in [0.5, 0.6) is 0 Å². The molecule has 0 spiro atoms. The molecule has 1 aromatic heterocycles. The highest BCUT2D eigenvalue weighted by Gasteiger charge is 2.21. The van der Waals surface area contributed by atoms with E-state index in [2.05, 4.69) is 34.1 Å². The first-order valence-corrected chi connectivity index (χ1v) is 10.3. The van der Waals surface area contributed by atoms with Gasteiger partial charge in [0.2, 0.25) is 0 Å². The van der Waals surface area contributed by atoms with Gasteiger partial charge in [-0.1, -0.05) is 41.5 Å². The number of nitrogens with zero attached hydrogens (tertiary/aromatic N) is 6. The van der Waals surface area contributed by atoms with Crippen LogP contribution in [0.2, 0.25) is 0 Å². The van der Waals surface area contributed by atoms with Crippen molar-refractivity contribution in [2.45, 2.75) is 26.3 Å². The van der Waals surface area contributed by atoms with E-state index < -0.39 is 0 Å². The zero-order valence-corrected chi connectivity index (χ0v) is 19.1. The van der Waals surface area contributed by atoms with Crippen LogP contribution < -0.4 is 4.90 Å². The summed E-state index contributed by atoms with van der Waals surface area (Å²) >= 11 is 0. The molecule has 8 heteroatoms. The summed E-state index contributed by atoms with van der Waals surface area (Å²) in [6, 6.07) is 7.83. The Bertz CT molecular complexity index is 1110. The van der Waals surface area contributed by atoms with E-state index >= 15 is 0 Å². The van der Waals surface area contributed by atoms with Gasteiger partial charge in [-0.3, -0.25) is 9.79 Å². The van der Waals surface area contributed by atoms with Gasteiger partial charge in [0, 0.05) is 32.4 Å². The minimum atomic E-state index is -0.0516. The zero-order chi connectivity index (χ0) is 23.3. The van der Waals surface area contributed by atoms with E-state index in [1.54, 1.807) is 38.1 Å². The number of carbonyl (C=O) groups excluding carboxylic acids is 1. The number of amides is 1. The fourth-order valence-electron chi connectivity index (χ4n) is 3.15. The maximum absolute atomic E-state index is 12.1. The molecule has 1 aliphatic rings. The van der Waals surface area contributed by atoms with Crippen molar-refractivity contribution in [1.29, 1.82) is 0 Å². The molecule has 1 atom stereocenters. The Kier molecular flexibility index (Phi) is 7.14. The quantitative estimate of drug-likeness (QED) is 0.618. The van der Waals surface area contributed by atoms with Crippen molar-refractivity contribution in [3.63, 3.8) is 0 Å². The van der Waals surface area contributed by atoms with Crippen molar-refractivity contribution in [1.82, 2.24) is 15.1 Å². The van der Waals surface area contributed by atoms with Gasteiger partial charge in [-0.15, -0.1) is 5.10 Å². The highest BCUT2D eigenvalue weighted by atomic mass is 16.4. The van der Waals surface area contributed by atoms with Crippen molar-refractivity contribution in [3.8, 4) is 0 Å². The van der Waals surface area contributed by atoms with Gasteiger partial charge < -0.3 is 14.2 Å². The molecule has 0 fully saturated rings. The van der Waals surface area contributed by atoms with Crippen molar-refractivity contribution < 1.29 is 9.21 Å². The fraction of sp³-hybridized carbons (Fsp3) is 0.292. The Morgan fingerprint density at radius 1 is 1.09 bits per heavy atom. The molecular formula is C24H28N6O2. The van der Waals surface area contributed by atoms with Crippen molar-refractivity contribution in [2.24, 2.45) is 9.98 Å². The van der Waals surface area contributed by atoms with Gasteiger partial charge in [-0.25, -0.2) is 4.99 Å². The highest BCUT2D eigenvalue weighted by molar-refractivity contribution is 6.02. The molecule has 0 saturated carbocycles. The van der Waals surface area contributed by atoms with Gasteiger partial charge >= 0.3 is 6.01 Å². The Labute approximate surface area is 188 Å². The van der Waals surface area contributed by atoms with Crippen LogP contribution in [0.1, 0.15) is 42.1 Å². The first-order chi connectivity index (χ1) is 15.3. The summed E-state index contributed by atoms with van der Waals surface area (Å²) in [5.74, 6) is 0.218. The normalized spacial score (nSPS) is 16.5. The lowest BCUT2D eigenvalue weighted by Gasteiger charge is -2.23. The predicted octanol–water partition coefficient (Wildman–Crippen LogP) is 3.99. The second-order valence-corrected chi connectivity index (χ2v) is 7.68. The molecule has 0 aliphatic heterocycles. The van der Waals surface area contributed by atoms with Crippen LogP contribution in [-0.4, -0.2) is 60.6 Å². The third-order valence-electron chi connectivity index (χ3n) is 5.19. The predicted molar refractivity (Wildman–Crippen MR) is 128 cm³/mol. The van der Waals surface area contributed by atoms with E-state index in [1.165, 1.54) is 0 Å². The smallest absolute Gasteiger partial charge is 0.318 e. The molecule has 1 heterocycles. The number of aliphatic imine (C=N–C) groups is 2. The van der Waals surface area contributed by atoms with Crippen molar-refractivity contribution in [2.75, 3.05) is 26.0 Å². The lowest BCUT2D eigenvalue weighted by Crippen LogP contribution is -2.30. The SMILES string of the molecule is C=N/C(C)=C(\N=C(/C)c1ccc(C(=O)N(C)C)cc1)c1nnc(N(C)C2C=CC=CC2)o1. The fourth-order valence-corrected chi connectivity index (χ4v) is 3.15. The van der Waals surface area contributed by atoms with Crippen molar-refractivity contribution in [3.05, 3.63) is 71.3 Å². The molecule has 32 heavy (non-hydrogen) atoms. The van der Waals surface area contributed by atoms with Crippen molar-refractivity contribution >= 4 is 30.0 Å². The first-order valence-electron chi connectivity index (χ1n) is 10.3. The van der Waals surface area contributed by atoms with Crippen LogP contribution in [-0.2, 0) is 0 Å². The van der Waals surface area contributed by atoms with Crippen LogP contribution in [0.25, 0.3) is 5.70 Å². The summed E-state index contributed by atoms with van der Waals surface area (Å²) in [5, 5.41) is 8.40. The first kappa shape index (κ1) is 22.9. The maximum atomic E-state index is 12.1. The molecular weight excluding hydrogens is 404 g/mol. The maximum Gasteiger partial charge on any atom is 0.318 e. The number of anilines is 1. The van der Waals surface area contributed by atoms with E-state index in [4.69, 9.17) is 9.41 Å². The molecule has 8 nitrogen and oxygen atoms in total. The number of likely N-dealkylation sites (N-methyl/N-ethyl adjacent to an activating group) is 1. The summed E-state index contributed by atoms with van der Waals surface area (Å²) < 4.78 is 5.94. The van der Waals surface area contributed by atoms with Crippen LogP contribution >= 0.6 is 0 Å². The summed E-state index contributed by atoms with van der Waals surface area (Å²) in [7, 11) is 5.36. The number of carbonyl (C=O) groups is 1. The van der Waals surface area contributed by atoms with Gasteiger partial charge in [-0.2, -0.15) is 0 Å². The van der Waals surface area contributed by atoms with E-state index in [9.17, 15) is 4.79 Å². The molecule has 0 radical (unpaired) electrons. The second kappa shape index (κ2) is 10.00. The molecule has 166 valence electrons. The lowest BCUT2D eigenvalue weighted by molar-refractivity contribution is 0.0827. The third-order valence-corrected chi connectivity index (χ3v) is 5.19. The third kappa shape index (κ3) is 5.08. The Morgan fingerprint density at radius 2 is 1.78 bits per heavy atom. The molecule has 0 saturated heterocycles. The summed E-state index contributed by atoms with van der Waals surface area (Å²) in [6.45, 7) is 7.28. The number of hydrogen-bond donors (Lipinski definition) is 0. The molecule has 0 bridgehead atoms. The van der Waals surface area contributed by atoms with Crippen LogP contribution in [0.3, 0.4) is 0 Å². The number of rotatable bonds is 7. The zero-order valence-electron chi connectivity index (χ0n) is 19.1. The standard InChI is InChI=1S/C24H28N6O2/c1-16(18-12-14-19(15-13-18)23(31)29(4)5)26-21(17(2)25-3)22-27-28-24(32-22)30(6)20-10-8-7-9-11-20/h7-10,12-15,20H,3,11H2,1-2,4-6H3/b21-17-,26-16+. The van der Waals surface area contributed by atoms with Gasteiger partial charge in [-0.05, 0) is 44.7 Å². The van der Waals surface area contributed by atoms with E-state index in [0.29, 0.717) is 23.0 Å². The summed E-state index contributed by atoms with van der Waals surface area (Å²) in [4.78, 5) is 24.3. The molecule has 1 amide bonds. The number of hydrogen-bond acceptors (Lipinski definition) is 7. The second-order valence-electron chi connectivity index (χ2n) is 7.68. The highest BCUT2D eigenvalue weighted by Crippen LogP contribution is 2.25. The van der Waals surface area contributed by atoms with E-state index in [0.717, 1.165) is 17.7 Å². The van der Waals surface area contributed by atoms with E-state index in [1.807, 2.05) is 43.2 Å². The Hall–Kier alpha value is -3.81. The van der Waals surface area contributed by atoms with Crippen LogP contribution in [0.15, 0.2) is 68.7 Å². The van der Waals surface area contributed by atoms with Gasteiger partial charge in [0.1, 0.15) is 5.70 Å². The number of aromatic nitrogens is 2. The lowest BCUT2D eigenvalue weighted by atomic mass is 10.1. The Morgan fingerprint density at radius 3 is 2.38 bits per heavy atom. The largest absolute Gasteiger partial charge is 0.401 e. The summed E-state index contributed by atoms with van der Waals surface area (Å²) in [5.41, 5.74) is 3.23. The van der Waals surface area contributed by atoms with Gasteiger partial charge in [0.15, 0.2) is 0 Å². The molecule has 1 aromatic carbocycles. The van der Waals surface area contributed by atoms with Crippen LogP contribution in [0.4, 0.5) is 6.01 Å². The minimum absolute atomic E-state index is 0.0516. The number of allylic oxidation sites excluding steroid dienone is 3. The average Bonchev–Trinajstić information content (AvgIpc) is 3.31. The van der Waals surface area contributed by atoms with E-state index in [-0.39, 0.29) is 17.8 Å². The molecule has 3 rings (SSSR count). The monoisotopic (exact) mass is 432 g/mol. The molecule has 2 aromatic rings. The number of benzene rings is 1. The average molecular weight is 433 g/mol. The van der Waals surface area contributed by atoms with Crippen LogP contribution in [0, 0.1) is 0 Å². The van der Waals surface area contributed by atoms with Gasteiger partial charge in [0.05, 0.1) is 11.7 Å².